The molecule has 1 aromatic rings. The van der Waals surface area contributed by atoms with Crippen molar-refractivity contribution in [2.24, 2.45) is 0 Å². The van der Waals surface area contributed by atoms with Crippen LogP contribution in [0.15, 0.2) is 10.7 Å². The summed E-state index contributed by atoms with van der Waals surface area (Å²) in [6.45, 7) is 0. The Morgan fingerprint density at radius 3 is 2.92 bits per heavy atom. The first kappa shape index (κ1) is 9.00. The molecule has 0 N–H and O–H groups in total. The highest BCUT2D eigenvalue weighted by Crippen LogP contribution is 2.30. The summed E-state index contributed by atoms with van der Waals surface area (Å²) in [4.78, 5) is 4.30. The molecule has 2 rings (SSSR count). The van der Waals surface area contributed by atoms with Crippen molar-refractivity contribution in [2.45, 2.75) is 25.7 Å². The van der Waals surface area contributed by atoms with Gasteiger partial charge in [0.2, 0.25) is 5.88 Å². The minimum absolute atomic E-state index is 0.795. The van der Waals surface area contributed by atoms with Crippen LogP contribution in [0.2, 0.25) is 0 Å². The van der Waals surface area contributed by atoms with Crippen LogP contribution in [0.25, 0.3) is 0 Å². The Kier molecular flexibility index (Phi) is 2.54. The van der Waals surface area contributed by atoms with E-state index in [0.29, 0.717) is 0 Å². The van der Waals surface area contributed by atoms with Crippen LogP contribution >= 0.6 is 15.9 Å². The Bertz CT molecular complexity index is 308. The van der Waals surface area contributed by atoms with Crippen molar-refractivity contribution in [2.75, 3.05) is 7.11 Å². The van der Waals surface area contributed by atoms with Crippen molar-refractivity contribution < 1.29 is 4.74 Å². The maximum absolute atomic E-state index is 5.25. The third-order valence-electron chi connectivity index (χ3n) is 2.46. The zero-order chi connectivity index (χ0) is 9.26. The number of nitrogens with zero attached hydrogens (tertiary/aromatic N) is 1. The number of rotatable bonds is 1. The molecular weight excluding hydrogens is 230 g/mol. The van der Waals surface area contributed by atoms with Gasteiger partial charge in [0.25, 0.3) is 0 Å². The summed E-state index contributed by atoms with van der Waals surface area (Å²) in [6, 6.07) is 2.11. The van der Waals surface area contributed by atoms with Crippen molar-refractivity contribution in [3.05, 3.63) is 21.8 Å². The quantitative estimate of drug-likeness (QED) is 0.706. The van der Waals surface area contributed by atoms with Gasteiger partial charge in [0.15, 0.2) is 0 Å². The van der Waals surface area contributed by atoms with Crippen LogP contribution in [-0.4, -0.2) is 12.1 Å². The smallest absolute Gasteiger partial charge is 0.217 e. The fourth-order valence-electron chi connectivity index (χ4n) is 1.84. The molecular formula is C10H12BrNO. The summed E-state index contributed by atoms with van der Waals surface area (Å²) in [5.74, 6) is 0.795. The molecule has 1 aliphatic rings. The van der Waals surface area contributed by atoms with Gasteiger partial charge in [0.05, 0.1) is 7.11 Å². The highest BCUT2D eigenvalue weighted by molar-refractivity contribution is 9.10. The van der Waals surface area contributed by atoms with E-state index in [1.165, 1.54) is 24.0 Å². The third kappa shape index (κ3) is 1.70. The lowest BCUT2D eigenvalue weighted by Crippen LogP contribution is -2.06. The molecule has 0 amide bonds. The predicted octanol–water partition coefficient (Wildman–Crippen LogP) is 2.73. The number of aromatic nitrogens is 1. The molecule has 1 aliphatic carbocycles. The van der Waals surface area contributed by atoms with Gasteiger partial charge >= 0.3 is 0 Å². The molecule has 0 spiro atoms. The molecule has 1 aromatic heterocycles. The molecule has 0 fully saturated rings. The lowest BCUT2D eigenvalue weighted by Gasteiger charge is -2.17. The van der Waals surface area contributed by atoms with Crippen LogP contribution in [0.4, 0.5) is 0 Å². The normalized spacial score (nSPS) is 15.2. The van der Waals surface area contributed by atoms with E-state index in [9.17, 15) is 0 Å². The van der Waals surface area contributed by atoms with E-state index in [2.05, 4.69) is 27.0 Å². The van der Waals surface area contributed by atoms with Crippen molar-refractivity contribution in [3.8, 4) is 5.88 Å². The summed E-state index contributed by atoms with van der Waals surface area (Å²) in [5, 5.41) is 0. The highest BCUT2D eigenvalue weighted by Gasteiger charge is 2.15. The Hall–Kier alpha value is -0.570. The maximum Gasteiger partial charge on any atom is 0.217 e. The van der Waals surface area contributed by atoms with Gasteiger partial charge in [-0.25, -0.2) is 4.98 Å². The van der Waals surface area contributed by atoms with E-state index >= 15 is 0 Å². The Labute approximate surface area is 86.5 Å². The summed E-state index contributed by atoms with van der Waals surface area (Å²) in [7, 11) is 1.68. The van der Waals surface area contributed by atoms with E-state index < -0.39 is 0 Å². The molecule has 0 unspecified atom stereocenters. The largest absolute Gasteiger partial charge is 0.481 e. The molecule has 0 bridgehead atoms. The van der Waals surface area contributed by atoms with Gasteiger partial charge in [-0.05, 0) is 53.2 Å². The molecule has 13 heavy (non-hydrogen) atoms. The van der Waals surface area contributed by atoms with E-state index in [1.54, 1.807) is 7.11 Å². The average molecular weight is 242 g/mol. The van der Waals surface area contributed by atoms with Crippen LogP contribution in [0.3, 0.4) is 0 Å². The van der Waals surface area contributed by atoms with E-state index in [1.807, 2.05) is 0 Å². The molecule has 0 atom stereocenters. The first-order chi connectivity index (χ1) is 6.31. The zero-order valence-electron chi connectivity index (χ0n) is 7.64. The van der Waals surface area contributed by atoms with Crippen LogP contribution in [0.5, 0.6) is 5.88 Å². The van der Waals surface area contributed by atoms with Gasteiger partial charge in [-0.1, -0.05) is 0 Å². The lowest BCUT2D eigenvalue weighted by molar-refractivity contribution is 0.388. The fourth-order valence-corrected chi connectivity index (χ4v) is 2.28. The number of aryl methyl sites for hydroxylation is 1. The topological polar surface area (TPSA) is 22.1 Å². The van der Waals surface area contributed by atoms with E-state index in [-0.39, 0.29) is 0 Å². The molecule has 0 aliphatic heterocycles. The minimum Gasteiger partial charge on any atom is -0.481 e. The molecule has 0 saturated carbocycles. The maximum atomic E-state index is 5.25. The van der Waals surface area contributed by atoms with Gasteiger partial charge in [-0.3, -0.25) is 0 Å². The number of ether oxygens (including phenoxy) is 1. The summed E-state index contributed by atoms with van der Waals surface area (Å²) in [5.41, 5.74) is 2.70. The SMILES string of the molecule is COc1nc(Br)cc2c1CCCC2. The number of hydrogen-bond donors (Lipinski definition) is 0. The van der Waals surface area contributed by atoms with Gasteiger partial charge < -0.3 is 4.74 Å². The van der Waals surface area contributed by atoms with Crippen molar-refractivity contribution in [3.63, 3.8) is 0 Å². The lowest BCUT2D eigenvalue weighted by atomic mass is 9.93. The van der Waals surface area contributed by atoms with E-state index in [4.69, 9.17) is 4.74 Å². The summed E-state index contributed by atoms with van der Waals surface area (Å²) >= 11 is 3.39. The van der Waals surface area contributed by atoms with Crippen LogP contribution in [-0.2, 0) is 12.8 Å². The second-order valence-corrected chi connectivity index (χ2v) is 4.11. The van der Waals surface area contributed by atoms with Gasteiger partial charge in [0, 0.05) is 5.56 Å². The number of hydrogen-bond acceptors (Lipinski definition) is 2. The van der Waals surface area contributed by atoms with Crippen LogP contribution in [0, 0.1) is 0 Å². The summed E-state index contributed by atoms with van der Waals surface area (Å²) in [6.07, 6.45) is 4.81. The van der Waals surface area contributed by atoms with Crippen LogP contribution in [0.1, 0.15) is 24.0 Å². The highest BCUT2D eigenvalue weighted by atomic mass is 79.9. The van der Waals surface area contributed by atoms with Crippen molar-refractivity contribution in [1.29, 1.82) is 0 Å². The Morgan fingerprint density at radius 2 is 2.15 bits per heavy atom. The first-order valence-corrected chi connectivity index (χ1v) is 5.33. The van der Waals surface area contributed by atoms with Crippen molar-refractivity contribution in [1.82, 2.24) is 4.98 Å². The monoisotopic (exact) mass is 241 g/mol. The molecule has 2 nitrogen and oxygen atoms in total. The second-order valence-electron chi connectivity index (χ2n) is 3.30. The van der Waals surface area contributed by atoms with Gasteiger partial charge in [0.1, 0.15) is 4.60 Å². The third-order valence-corrected chi connectivity index (χ3v) is 2.87. The predicted molar refractivity (Wildman–Crippen MR) is 55.1 cm³/mol. The molecule has 0 saturated heterocycles. The van der Waals surface area contributed by atoms with E-state index in [0.717, 1.165) is 23.3 Å². The van der Waals surface area contributed by atoms with Crippen LogP contribution < -0.4 is 4.74 Å². The fraction of sp³-hybridized carbons (Fsp3) is 0.500. The second kappa shape index (κ2) is 3.66. The van der Waals surface area contributed by atoms with Gasteiger partial charge in [-0.15, -0.1) is 0 Å². The standard InChI is InChI=1S/C10H12BrNO/c1-13-10-8-5-3-2-4-7(8)6-9(11)12-10/h6H,2-5H2,1H3. The number of methoxy groups -OCH3 is 1. The zero-order valence-corrected chi connectivity index (χ0v) is 9.23. The molecule has 1 heterocycles. The van der Waals surface area contributed by atoms with Gasteiger partial charge in [-0.2, -0.15) is 0 Å². The number of fused-ring (bicyclic) bond motifs is 1. The molecule has 70 valence electrons. The minimum atomic E-state index is 0.795. The molecule has 3 heteroatoms. The number of pyridine rings is 1. The molecule has 0 radical (unpaired) electrons. The average Bonchev–Trinajstić information content (AvgIpc) is 2.16. The Balaban J connectivity index is 2.50. The van der Waals surface area contributed by atoms with Crippen molar-refractivity contribution >= 4 is 15.9 Å². The Morgan fingerprint density at radius 1 is 1.38 bits per heavy atom. The molecule has 0 aromatic carbocycles. The summed E-state index contributed by atoms with van der Waals surface area (Å²) < 4.78 is 6.13. The first-order valence-electron chi connectivity index (χ1n) is 4.53. The number of halogens is 1.